The third-order valence-corrected chi connectivity index (χ3v) is 7.13. The van der Waals surface area contributed by atoms with Crippen molar-refractivity contribution < 1.29 is 17.9 Å². The SMILES string of the molecule is O=C(NC1CC1)c1cccc(S(=O)(=O)NC2COC3(CCCCC3)C2)c1. The smallest absolute Gasteiger partial charge is 0.251 e. The van der Waals surface area contributed by atoms with Gasteiger partial charge in [-0.3, -0.25) is 4.79 Å². The summed E-state index contributed by atoms with van der Waals surface area (Å²) in [4.78, 5) is 12.3. The van der Waals surface area contributed by atoms with Crippen molar-refractivity contribution in [3.63, 3.8) is 0 Å². The molecule has 2 aliphatic carbocycles. The number of nitrogens with one attached hydrogen (secondary N) is 2. The van der Waals surface area contributed by atoms with E-state index in [2.05, 4.69) is 10.0 Å². The van der Waals surface area contributed by atoms with E-state index < -0.39 is 10.0 Å². The molecule has 1 unspecified atom stereocenters. The average molecular weight is 378 g/mol. The van der Waals surface area contributed by atoms with Crippen LogP contribution in [0.4, 0.5) is 0 Å². The second-order valence-electron chi connectivity index (χ2n) is 7.85. The molecule has 26 heavy (non-hydrogen) atoms. The fourth-order valence-corrected chi connectivity index (χ4v) is 5.32. The van der Waals surface area contributed by atoms with Crippen LogP contribution in [0.15, 0.2) is 29.2 Å². The first kappa shape index (κ1) is 17.9. The van der Waals surface area contributed by atoms with Crippen LogP contribution < -0.4 is 10.0 Å². The third kappa shape index (κ3) is 3.94. The van der Waals surface area contributed by atoms with Gasteiger partial charge in [-0.2, -0.15) is 0 Å². The molecule has 0 bridgehead atoms. The molecule has 4 rings (SSSR count). The molecule has 1 amide bonds. The normalized spacial score (nSPS) is 25.3. The molecule has 1 heterocycles. The highest BCUT2D eigenvalue weighted by Crippen LogP contribution is 2.39. The molecular weight excluding hydrogens is 352 g/mol. The van der Waals surface area contributed by atoms with Gasteiger partial charge in [0.15, 0.2) is 0 Å². The van der Waals surface area contributed by atoms with E-state index >= 15 is 0 Å². The van der Waals surface area contributed by atoms with Crippen LogP contribution in [0.1, 0.15) is 61.7 Å². The molecule has 142 valence electrons. The van der Waals surface area contributed by atoms with Crippen LogP contribution in [0.25, 0.3) is 0 Å². The minimum Gasteiger partial charge on any atom is -0.373 e. The van der Waals surface area contributed by atoms with Gasteiger partial charge < -0.3 is 10.1 Å². The van der Waals surface area contributed by atoms with Gasteiger partial charge in [0.1, 0.15) is 0 Å². The summed E-state index contributed by atoms with van der Waals surface area (Å²) in [5.74, 6) is -0.213. The van der Waals surface area contributed by atoms with Gasteiger partial charge in [0.25, 0.3) is 5.91 Å². The Morgan fingerprint density at radius 2 is 1.88 bits per heavy atom. The molecule has 3 aliphatic rings. The van der Waals surface area contributed by atoms with E-state index in [-0.39, 0.29) is 28.5 Å². The van der Waals surface area contributed by atoms with Crippen molar-refractivity contribution >= 4 is 15.9 Å². The first-order chi connectivity index (χ1) is 12.5. The van der Waals surface area contributed by atoms with Crippen molar-refractivity contribution in [1.82, 2.24) is 10.0 Å². The average Bonchev–Trinajstić information content (AvgIpc) is 3.37. The zero-order chi connectivity index (χ0) is 18.2. The summed E-state index contributed by atoms with van der Waals surface area (Å²) in [6.45, 7) is 0.418. The number of carbonyl (C=O) groups is 1. The quantitative estimate of drug-likeness (QED) is 0.824. The zero-order valence-electron chi connectivity index (χ0n) is 14.9. The molecule has 6 nitrogen and oxygen atoms in total. The second-order valence-corrected chi connectivity index (χ2v) is 9.57. The summed E-state index contributed by atoms with van der Waals surface area (Å²) in [6, 6.07) is 6.27. The molecule has 0 radical (unpaired) electrons. The summed E-state index contributed by atoms with van der Waals surface area (Å²) in [5.41, 5.74) is 0.239. The molecule has 0 aromatic heterocycles. The van der Waals surface area contributed by atoms with E-state index in [1.165, 1.54) is 18.6 Å². The Labute approximate surface area is 154 Å². The van der Waals surface area contributed by atoms with Gasteiger partial charge in [-0.05, 0) is 50.3 Å². The maximum Gasteiger partial charge on any atom is 0.251 e. The first-order valence-electron chi connectivity index (χ1n) is 9.53. The molecule has 1 saturated heterocycles. The van der Waals surface area contributed by atoms with E-state index in [1.807, 2.05) is 0 Å². The van der Waals surface area contributed by atoms with Gasteiger partial charge >= 0.3 is 0 Å². The lowest BCUT2D eigenvalue weighted by Gasteiger charge is -2.32. The Hall–Kier alpha value is -1.44. The minimum atomic E-state index is -3.68. The molecular formula is C19H26N2O4S. The van der Waals surface area contributed by atoms with Crippen LogP contribution in [-0.4, -0.2) is 38.6 Å². The van der Waals surface area contributed by atoms with Gasteiger partial charge in [-0.15, -0.1) is 0 Å². The number of amides is 1. The maximum absolute atomic E-state index is 12.8. The predicted molar refractivity (Wildman–Crippen MR) is 97.4 cm³/mol. The van der Waals surface area contributed by atoms with Gasteiger partial charge in [-0.25, -0.2) is 13.1 Å². The molecule has 1 spiro atoms. The fourth-order valence-electron chi connectivity index (χ4n) is 4.05. The maximum atomic E-state index is 12.8. The Kier molecular flexibility index (Phi) is 4.79. The largest absolute Gasteiger partial charge is 0.373 e. The number of rotatable bonds is 5. The van der Waals surface area contributed by atoms with E-state index in [9.17, 15) is 13.2 Å². The number of hydrogen-bond donors (Lipinski definition) is 2. The third-order valence-electron chi connectivity index (χ3n) is 5.61. The fraction of sp³-hybridized carbons (Fsp3) is 0.632. The van der Waals surface area contributed by atoms with Crippen LogP contribution in [0, 0.1) is 0 Å². The Morgan fingerprint density at radius 1 is 1.12 bits per heavy atom. The van der Waals surface area contributed by atoms with Crippen LogP contribution in [0.3, 0.4) is 0 Å². The number of hydrogen-bond acceptors (Lipinski definition) is 4. The summed E-state index contributed by atoms with van der Waals surface area (Å²) < 4.78 is 34.3. The standard InChI is InChI=1S/C19H26N2O4S/c22-18(20-15-7-8-15)14-5-4-6-17(11-14)26(23,24)21-16-12-19(25-13-16)9-2-1-3-10-19/h4-6,11,15-16,21H,1-3,7-10,12-13H2,(H,20,22). The van der Waals surface area contributed by atoms with Crippen molar-refractivity contribution in [2.75, 3.05) is 6.61 Å². The first-order valence-corrected chi connectivity index (χ1v) is 11.0. The van der Waals surface area contributed by atoms with Crippen LogP contribution in [-0.2, 0) is 14.8 Å². The number of benzene rings is 1. The lowest BCUT2D eigenvalue weighted by Crippen LogP contribution is -2.37. The second kappa shape index (κ2) is 6.94. The van der Waals surface area contributed by atoms with Crippen molar-refractivity contribution in [1.29, 1.82) is 0 Å². The van der Waals surface area contributed by atoms with Crippen LogP contribution in [0.5, 0.6) is 0 Å². The van der Waals surface area contributed by atoms with Crippen molar-refractivity contribution in [3.8, 4) is 0 Å². The number of ether oxygens (including phenoxy) is 1. The highest BCUT2D eigenvalue weighted by Gasteiger charge is 2.42. The van der Waals surface area contributed by atoms with Gasteiger partial charge in [-0.1, -0.05) is 25.3 Å². The van der Waals surface area contributed by atoms with Gasteiger partial charge in [0.2, 0.25) is 10.0 Å². The summed E-state index contributed by atoms with van der Waals surface area (Å²) in [7, 11) is -3.68. The van der Waals surface area contributed by atoms with Crippen LogP contribution >= 0.6 is 0 Å². The van der Waals surface area contributed by atoms with E-state index in [0.717, 1.165) is 44.9 Å². The molecule has 1 atom stereocenters. The molecule has 2 saturated carbocycles. The highest BCUT2D eigenvalue weighted by molar-refractivity contribution is 7.89. The predicted octanol–water partition coefficient (Wildman–Crippen LogP) is 2.35. The van der Waals surface area contributed by atoms with Crippen molar-refractivity contribution in [2.45, 2.75) is 73.9 Å². The summed E-state index contributed by atoms with van der Waals surface area (Å²) in [6.07, 6.45) is 8.29. The lowest BCUT2D eigenvalue weighted by molar-refractivity contribution is -0.0245. The van der Waals surface area contributed by atoms with Gasteiger partial charge in [0, 0.05) is 17.6 Å². The Bertz CT molecular complexity index is 782. The van der Waals surface area contributed by atoms with E-state index in [0.29, 0.717) is 12.2 Å². The summed E-state index contributed by atoms with van der Waals surface area (Å²) >= 11 is 0. The topological polar surface area (TPSA) is 84.5 Å². The molecule has 1 aliphatic heterocycles. The highest BCUT2D eigenvalue weighted by atomic mass is 32.2. The molecule has 2 N–H and O–H groups in total. The van der Waals surface area contributed by atoms with E-state index in [1.54, 1.807) is 12.1 Å². The molecule has 3 fully saturated rings. The van der Waals surface area contributed by atoms with Crippen LogP contribution in [0.2, 0.25) is 0 Å². The Morgan fingerprint density at radius 3 is 2.62 bits per heavy atom. The Balaban J connectivity index is 1.44. The van der Waals surface area contributed by atoms with Crippen molar-refractivity contribution in [2.24, 2.45) is 0 Å². The lowest BCUT2D eigenvalue weighted by atomic mass is 9.82. The molecule has 1 aromatic carbocycles. The molecule has 7 heteroatoms. The number of sulfonamides is 1. The molecule has 1 aromatic rings. The number of carbonyl (C=O) groups excluding carboxylic acids is 1. The zero-order valence-corrected chi connectivity index (χ0v) is 15.7. The van der Waals surface area contributed by atoms with Gasteiger partial charge in [0.05, 0.1) is 17.1 Å². The minimum absolute atomic E-state index is 0.130. The van der Waals surface area contributed by atoms with Crippen molar-refractivity contribution in [3.05, 3.63) is 29.8 Å². The monoisotopic (exact) mass is 378 g/mol. The van der Waals surface area contributed by atoms with E-state index in [4.69, 9.17) is 4.74 Å². The summed E-state index contributed by atoms with van der Waals surface area (Å²) in [5, 5.41) is 2.89.